The van der Waals surface area contributed by atoms with Crippen LogP contribution in [-0.4, -0.2) is 30.5 Å². The van der Waals surface area contributed by atoms with E-state index in [2.05, 4.69) is 0 Å². The van der Waals surface area contributed by atoms with Crippen molar-refractivity contribution in [2.75, 3.05) is 6.26 Å². The number of hydroxylamine groups is 1. The van der Waals surface area contributed by atoms with E-state index >= 15 is 0 Å². The predicted molar refractivity (Wildman–Crippen MR) is 43.5 cm³/mol. The molecule has 0 radical (unpaired) electrons. The lowest BCUT2D eigenvalue weighted by Crippen LogP contribution is -2.48. The van der Waals surface area contributed by atoms with Crippen LogP contribution in [0.4, 0.5) is 0 Å². The van der Waals surface area contributed by atoms with Crippen LogP contribution < -0.4 is 5.48 Å². The Hall–Kier alpha value is -0.620. The Morgan fingerprint density at radius 3 is 2.08 bits per heavy atom. The quantitative estimate of drug-likeness (QED) is 0.478. The van der Waals surface area contributed by atoms with E-state index in [1.54, 1.807) is 6.92 Å². The van der Waals surface area contributed by atoms with Gasteiger partial charge >= 0.3 is 0 Å². The molecule has 1 amide bonds. The molecule has 5 nitrogen and oxygen atoms in total. The largest absolute Gasteiger partial charge is 0.289 e. The van der Waals surface area contributed by atoms with Gasteiger partial charge in [-0.15, -0.1) is 0 Å². The number of sulfone groups is 1. The van der Waals surface area contributed by atoms with Crippen LogP contribution in [0.25, 0.3) is 0 Å². The fraction of sp³-hybridized carbons (Fsp3) is 0.833. The van der Waals surface area contributed by atoms with Crippen molar-refractivity contribution < 1.29 is 18.4 Å². The van der Waals surface area contributed by atoms with Gasteiger partial charge in [0.1, 0.15) is 4.75 Å². The van der Waals surface area contributed by atoms with Crippen LogP contribution in [-0.2, 0) is 14.6 Å². The van der Waals surface area contributed by atoms with Crippen LogP contribution in [0.1, 0.15) is 20.3 Å². The minimum absolute atomic E-state index is 0.123. The molecule has 72 valence electrons. The smallest absolute Gasteiger partial charge is 0.264 e. The lowest BCUT2D eigenvalue weighted by molar-refractivity contribution is -0.131. The summed E-state index contributed by atoms with van der Waals surface area (Å²) in [6.45, 7) is 2.84. The summed E-state index contributed by atoms with van der Waals surface area (Å²) in [6.07, 6.45) is 1.09. The van der Waals surface area contributed by atoms with Crippen molar-refractivity contribution in [2.24, 2.45) is 0 Å². The van der Waals surface area contributed by atoms with E-state index in [-0.39, 0.29) is 6.42 Å². The van der Waals surface area contributed by atoms with Gasteiger partial charge in [0.05, 0.1) is 0 Å². The molecule has 0 fully saturated rings. The minimum atomic E-state index is -3.50. The van der Waals surface area contributed by atoms with Gasteiger partial charge in [-0.25, -0.2) is 13.9 Å². The molecule has 0 aromatic carbocycles. The monoisotopic (exact) mass is 195 g/mol. The molecule has 0 aliphatic heterocycles. The molecule has 1 unspecified atom stereocenters. The van der Waals surface area contributed by atoms with E-state index in [0.717, 1.165) is 6.26 Å². The Labute approximate surface area is 71.6 Å². The van der Waals surface area contributed by atoms with Crippen molar-refractivity contribution in [1.29, 1.82) is 0 Å². The average molecular weight is 195 g/mol. The highest BCUT2D eigenvalue weighted by Crippen LogP contribution is 2.20. The molecular weight excluding hydrogens is 182 g/mol. The third-order valence-corrected chi connectivity index (χ3v) is 4.19. The summed E-state index contributed by atoms with van der Waals surface area (Å²) in [7, 11) is -3.50. The molecule has 12 heavy (non-hydrogen) atoms. The Morgan fingerprint density at radius 2 is 2.00 bits per heavy atom. The summed E-state index contributed by atoms with van der Waals surface area (Å²) in [5, 5.41) is 8.30. The van der Waals surface area contributed by atoms with E-state index in [1.165, 1.54) is 12.4 Å². The SMILES string of the molecule is CCC(C)(C(=O)NO)S(C)(=O)=O. The fourth-order valence-electron chi connectivity index (χ4n) is 0.709. The highest BCUT2D eigenvalue weighted by molar-refractivity contribution is 7.92. The van der Waals surface area contributed by atoms with Gasteiger partial charge in [0, 0.05) is 6.26 Å². The van der Waals surface area contributed by atoms with Gasteiger partial charge in [-0.2, -0.15) is 0 Å². The summed E-state index contributed by atoms with van der Waals surface area (Å²) >= 11 is 0. The van der Waals surface area contributed by atoms with E-state index in [0.29, 0.717) is 0 Å². The molecular formula is C6H13NO4S. The minimum Gasteiger partial charge on any atom is -0.289 e. The molecule has 2 N–H and O–H groups in total. The van der Waals surface area contributed by atoms with Crippen molar-refractivity contribution in [3.05, 3.63) is 0 Å². The highest BCUT2D eigenvalue weighted by atomic mass is 32.2. The summed E-state index contributed by atoms with van der Waals surface area (Å²) in [6, 6.07) is 0. The second kappa shape index (κ2) is 3.40. The van der Waals surface area contributed by atoms with Crippen molar-refractivity contribution in [2.45, 2.75) is 25.0 Å². The number of amides is 1. The molecule has 0 aliphatic carbocycles. The Morgan fingerprint density at radius 1 is 1.58 bits per heavy atom. The number of hydrogen-bond acceptors (Lipinski definition) is 4. The number of carbonyl (C=O) groups is 1. The molecule has 0 aromatic rings. The average Bonchev–Trinajstić information content (AvgIpc) is 1.99. The maximum Gasteiger partial charge on any atom is 0.264 e. The lowest BCUT2D eigenvalue weighted by atomic mass is 10.1. The van der Waals surface area contributed by atoms with E-state index in [1.807, 2.05) is 0 Å². The summed E-state index contributed by atoms with van der Waals surface area (Å²) in [5.41, 5.74) is 1.34. The summed E-state index contributed by atoms with van der Waals surface area (Å²) < 4.78 is 20.7. The first kappa shape index (κ1) is 11.4. The molecule has 0 spiro atoms. The summed E-state index contributed by atoms with van der Waals surface area (Å²) in [4.78, 5) is 11.0. The van der Waals surface area contributed by atoms with Gasteiger partial charge in [-0.1, -0.05) is 6.92 Å². The topological polar surface area (TPSA) is 83.5 Å². The van der Waals surface area contributed by atoms with Gasteiger partial charge < -0.3 is 0 Å². The Bertz CT molecular complexity index is 271. The second-order valence-electron chi connectivity index (χ2n) is 2.80. The third kappa shape index (κ3) is 1.75. The first-order valence-electron chi connectivity index (χ1n) is 3.43. The highest BCUT2D eigenvalue weighted by Gasteiger charge is 2.41. The van der Waals surface area contributed by atoms with Gasteiger partial charge in [-0.05, 0) is 13.3 Å². The molecule has 0 rings (SSSR count). The van der Waals surface area contributed by atoms with E-state index in [9.17, 15) is 13.2 Å². The van der Waals surface area contributed by atoms with E-state index < -0.39 is 20.5 Å². The zero-order valence-corrected chi connectivity index (χ0v) is 8.10. The lowest BCUT2D eigenvalue weighted by Gasteiger charge is -2.22. The van der Waals surface area contributed by atoms with Crippen molar-refractivity contribution in [3.8, 4) is 0 Å². The van der Waals surface area contributed by atoms with Crippen LogP contribution in [0, 0.1) is 0 Å². The molecule has 0 aliphatic rings. The number of hydrogen-bond donors (Lipinski definition) is 2. The summed E-state index contributed by atoms with van der Waals surface area (Å²) in [5.74, 6) is -0.896. The van der Waals surface area contributed by atoms with Gasteiger partial charge in [0.15, 0.2) is 9.84 Å². The fourth-order valence-corrected chi connectivity index (χ4v) is 1.62. The molecule has 0 saturated heterocycles. The number of rotatable bonds is 3. The predicted octanol–water partition coefficient (Wildman–Crippen LogP) is -0.295. The van der Waals surface area contributed by atoms with Crippen molar-refractivity contribution in [1.82, 2.24) is 5.48 Å². The van der Waals surface area contributed by atoms with Gasteiger partial charge in [0.2, 0.25) is 0 Å². The number of carbonyl (C=O) groups excluding carboxylic acids is 1. The van der Waals surface area contributed by atoms with Crippen LogP contribution >= 0.6 is 0 Å². The molecule has 0 bridgehead atoms. The zero-order valence-electron chi connectivity index (χ0n) is 7.29. The van der Waals surface area contributed by atoms with Crippen LogP contribution in [0.5, 0.6) is 0 Å². The Kier molecular flexibility index (Phi) is 3.23. The zero-order chi connectivity index (χ0) is 9.99. The first-order valence-corrected chi connectivity index (χ1v) is 5.33. The van der Waals surface area contributed by atoms with Crippen LogP contribution in [0.2, 0.25) is 0 Å². The first-order chi connectivity index (χ1) is 5.29. The molecule has 6 heteroatoms. The third-order valence-electron chi connectivity index (χ3n) is 2.07. The molecule has 1 atom stereocenters. The number of nitrogens with one attached hydrogen (secondary N) is 1. The van der Waals surface area contributed by atoms with Crippen molar-refractivity contribution in [3.63, 3.8) is 0 Å². The van der Waals surface area contributed by atoms with Crippen LogP contribution in [0.15, 0.2) is 0 Å². The normalized spacial score (nSPS) is 16.7. The van der Waals surface area contributed by atoms with Gasteiger partial charge in [0.25, 0.3) is 5.91 Å². The van der Waals surface area contributed by atoms with Gasteiger partial charge in [-0.3, -0.25) is 10.0 Å². The maximum absolute atomic E-state index is 11.1. The standard InChI is InChI=1S/C6H13NO4S/c1-4-6(2,5(8)7-9)12(3,10)11/h9H,4H2,1-3H3,(H,7,8). The molecule has 0 aromatic heterocycles. The Balaban J connectivity index is 5.09. The molecule has 0 heterocycles. The van der Waals surface area contributed by atoms with Crippen molar-refractivity contribution >= 4 is 15.7 Å². The van der Waals surface area contributed by atoms with E-state index in [4.69, 9.17) is 5.21 Å². The molecule has 0 saturated carbocycles. The second-order valence-corrected chi connectivity index (χ2v) is 5.24. The maximum atomic E-state index is 11.1. The van der Waals surface area contributed by atoms with Crippen LogP contribution in [0.3, 0.4) is 0 Å².